The Bertz CT molecular complexity index is 682. The molecule has 0 aliphatic carbocycles. The Hall–Kier alpha value is -2.19. The van der Waals surface area contributed by atoms with Gasteiger partial charge in [-0.15, -0.1) is 0 Å². The van der Waals surface area contributed by atoms with Crippen LogP contribution in [0.2, 0.25) is 0 Å². The molecule has 126 valence electrons. The molecular weight excluding hydrogens is 300 g/mol. The second kappa shape index (κ2) is 8.60. The minimum absolute atomic E-state index is 0.0711. The third-order valence-electron chi connectivity index (χ3n) is 4.34. The molecule has 2 aromatic rings. The first kappa shape index (κ1) is 18.2. The summed E-state index contributed by atoms with van der Waals surface area (Å²) in [6.45, 7) is 2.48. The summed E-state index contributed by atoms with van der Waals surface area (Å²) in [5.41, 5.74) is 2.48. The zero-order valence-electron chi connectivity index (χ0n) is 14.1. The van der Waals surface area contributed by atoms with Crippen LogP contribution in [0.3, 0.4) is 0 Å². The summed E-state index contributed by atoms with van der Waals surface area (Å²) in [5.74, 6) is 0. The second-order valence-corrected chi connectivity index (χ2v) is 6.17. The van der Waals surface area contributed by atoms with Crippen LogP contribution in [0.4, 0.5) is 0 Å². The van der Waals surface area contributed by atoms with Crippen LogP contribution in [0.15, 0.2) is 54.6 Å². The van der Waals surface area contributed by atoms with Gasteiger partial charge in [0, 0.05) is 19.0 Å². The summed E-state index contributed by atoms with van der Waals surface area (Å²) in [6, 6.07) is 19.1. The fraction of sp³-hybridized carbons (Fsp3) is 0.350. The summed E-state index contributed by atoms with van der Waals surface area (Å²) < 4.78 is 0. The standard InChI is InChI=1S/C20H24N2O2/c1-15(18-10-6-7-16(11-18)13-21)22(2)14-19(23)12-20(24)17-8-4-3-5-9-17/h3-11,15,19-20,23-24H,12,14H2,1-2H3. The van der Waals surface area contributed by atoms with Crippen molar-refractivity contribution in [2.24, 2.45) is 0 Å². The number of aliphatic hydroxyl groups excluding tert-OH is 2. The maximum absolute atomic E-state index is 10.3. The van der Waals surface area contributed by atoms with Gasteiger partial charge in [-0.25, -0.2) is 0 Å². The first-order valence-electron chi connectivity index (χ1n) is 8.12. The Balaban J connectivity index is 1.93. The van der Waals surface area contributed by atoms with Crippen molar-refractivity contribution in [3.8, 4) is 6.07 Å². The van der Waals surface area contributed by atoms with Crippen LogP contribution in [0, 0.1) is 11.3 Å². The molecule has 0 radical (unpaired) electrons. The third-order valence-corrected chi connectivity index (χ3v) is 4.34. The average Bonchev–Trinajstić information content (AvgIpc) is 2.61. The Labute approximate surface area is 143 Å². The predicted molar refractivity (Wildman–Crippen MR) is 94.2 cm³/mol. The van der Waals surface area contributed by atoms with E-state index in [9.17, 15) is 10.2 Å². The van der Waals surface area contributed by atoms with Gasteiger partial charge in [0.05, 0.1) is 23.8 Å². The zero-order valence-corrected chi connectivity index (χ0v) is 14.1. The lowest BCUT2D eigenvalue weighted by Gasteiger charge is -2.28. The van der Waals surface area contributed by atoms with E-state index in [1.165, 1.54) is 0 Å². The molecule has 0 heterocycles. The first-order chi connectivity index (χ1) is 11.5. The van der Waals surface area contributed by atoms with Crippen LogP contribution in [-0.2, 0) is 0 Å². The van der Waals surface area contributed by atoms with Crippen molar-refractivity contribution in [3.05, 3.63) is 71.3 Å². The van der Waals surface area contributed by atoms with Crippen LogP contribution < -0.4 is 0 Å². The molecule has 0 aliphatic rings. The average molecular weight is 324 g/mol. The largest absolute Gasteiger partial charge is 0.392 e. The monoisotopic (exact) mass is 324 g/mol. The van der Waals surface area contributed by atoms with Gasteiger partial charge in [0.25, 0.3) is 0 Å². The summed E-state index contributed by atoms with van der Waals surface area (Å²) in [7, 11) is 1.93. The van der Waals surface area contributed by atoms with E-state index in [0.717, 1.165) is 11.1 Å². The molecule has 24 heavy (non-hydrogen) atoms. The molecular formula is C20H24N2O2. The molecule has 2 rings (SSSR count). The van der Waals surface area contributed by atoms with Crippen LogP contribution in [0.5, 0.6) is 0 Å². The highest BCUT2D eigenvalue weighted by molar-refractivity contribution is 5.34. The lowest BCUT2D eigenvalue weighted by molar-refractivity contribution is 0.0514. The molecule has 3 unspecified atom stereocenters. The van der Waals surface area contributed by atoms with Gasteiger partial charge in [-0.05, 0) is 37.2 Å². The van der Waals surface area contributed by atoms with Gasteiger partial charge in [-0.1, -0.05) is 42.5 Å². The summed E-state index contributed by atoms with van der Waals surface area (Å²) >= 11 is 0. The number of hydrogen-bond acceptors (Lipinski definition) is 4. The molecule has 4 heteroatoms. The number of aliphatic hydroxyl groups is 2. The van der Waals surface area contributed by atoms with Crippen molar-refractivity contribution in [1.29, 1.82) is 5.26 Å². The second-order valence-electron chi connectivity index (χ2n) is 6.17. The lowest BCUT2D eigenvalue weighted by atomic mass is 10.0. The molecule has 3 atom stereocenters. The molecule has 0 fully saturated rings. The topological polar surface area (TPSA) is 67.5 Å². The SMILES string of the molecule is CC(c1cccc(C#N)c1)N(C)CC(O)CC(O)c1ccccc1. The molecule has 0 bridgehead atoms. The highest BCUT2D eigenvalue weighted by Crippen LogP contribution is 2.22. The Morgan fingerprint density at radius 2 is 1.71 bits per heavy atom. The van der Waals surface area contributed by atoms with Gasteiger partial charge in [-0.2, -0.15) is 5.26 Å². The predicted octanol–water partition coefficient (Wildman–Crippen LogP) is 3.04. The number of rotatable bonds is 7. The van der Waals surface area contributed by atoms with Crippen molar-refractivity contribution < 1.29 is 10.2 Å². The quantitative estimate of drug-likeness (QED) is 0.821. The van der Waals surface area contributed by atoms with Gasteiger partial charge in [0.1, 0.15) is 0 Å². The maximum atomic E-state index is 10.3. The third kappa shape index (κ3) is 4.90. The molecule has 0 amide bonds. The molecule has 4 nitrogen and oxygen atoms in total. The van der Waals surface area contributed by atoms with E-state index in [0.29, 0.717) is 18.5 Å². The summed E-state index contributed by atoms with van der Waals surface area (Å²) in [4.78, 5) is 2.03. The van der Waals surface area contributed by atoms with Crippen molar-refractivity contribution in [2.75, 3.05) is 13.6 Å². The smallest absolute Gasteiger partial charge is 0.0991 e. The van der Waals surface area contributed by atoms with Crippen molar-refractivity contribution >= 4 is 0 Å². The van der Waals surface area contributed by atoms with E-state index in [-0.39, 0.29) is 6.04 Å². The summed E-state index contributed by atoms with van der Waals surface area (Å²) in [6.07, 6.45) is -1.02. The van der Waals surface area contributed by atoms with E-state index >= 15 is 0 Å². The van der Waals surface area contributed by atoms with Crippen LogP contribution in [0.1, 0.15) is 42.2 Å². The maximum Gasteiger partial charge on any atom is 0.0991 e. The number of nitriles is 1. The molecule has 0 saturated heterocycles. The number of benzene rings is 2. The molecule has 2 N–H and O–H groups in total. The fourth-order valence-corrected chi connectivity index (χ4v) is 2.76. The minimum atomic E-state index is -0.674. The van der Waals surface area contributed by atoms with Gasteiger partial charge in [-0.3, -0.25) is 4.90 Å². The number of hydrogen-bond donors (Lipinski definition) is 2. The molecule has 0 aromatic heterocycles. The number of likely N-dealkylation sites (N-methyl/N-ethyl adjacent to an activating group) is 1. The Morgan fingerprint density at radius 3 is 2.38 bits per heavy atom. The van der Waals surface area contributed by atoms with E-state index in [1.54, 1.807) is 6.07 Å². The van der Waals surface area contributed by atoms with Crippen LogP contribution in [-0.4, -0.2) is 34.8 Å². The van der Waals surface area contributed by atoms with E-state index in [2.05, 4.69) is 6.07 Å². The Morgan fingerprint density at radius 1 is 1.04 bits per heavy atom. The summed E-state index contributed by atoms with van der Waals surface area (Å²) in [5, 5.41) is 29.5. The molecule has 2 aromatic carbocycles. The number of nitrogens with zero attached hydrogens (tertiary/aromatic N) is 2. The highest BCUT2D eigenvalue weighted by Gasteiger charge is 2.19. The van der Waals surface area contributed by atoms with Crippen LogP contribution in [0.25, 0.3) is 0 Å². The van der Waals surface area contributed by atoms with Gasteiger partial charge < -0.3 is 10.2 Å². The van der Waals surface area contributed by atoms with Gasteiger partial charge >= 0.3 is 0 Å². The normalized spacial score (nSPS) is 14.8. The van der Waals surface area contributed by atoms with Gasteiger partial charge in [0.15, 0.2) is 0 Å². The highest BCUT2D eigenvalue weighted by atomic mass is 16.3. The minimum Gasteiger partial charge on any atom is -0.392 e. The van der Waals surface area contributed by atoms with E-state index in [4.69, 9.17) is 5.26 Å². The molecule has 0 aliphatic heterocycles. The van der Waals surface area contributed by atoms with Crippen molar-refractivity contribution in [3.63, 3.8) is 0 Å². The van der Waals surface area contributed by atoms with E-state index in [1.807, 2.05) is 67.4 Å². The zero-order chi connectivity index (χ0) is 17.5. The van der Waals surface area contributed by atoms with Crippen molar-refractivity contribution in [2.45, 2.75) is 31.6 Å². The van der Waals surface area contributed by atoms with Crippen molar-refractivity contribution in [1.82, 2.24) is 4.90 Å². The molecule has 0 saturated carbocycles. The fourth-order valence-electron chi connectivity index (χ4n) is 2.76. The Kier molecular flexibility index (Phi) is 6.51. The van der Waals surface area contributed by atoms with Crippen LogP contribution >= 0.6 is 0 Å². The first-order valence-corrected chi connectivity index (χ1v) is 8.12. The lowest BCUT2D eigenvalue weighted by Crippen LogP contribution is -2.32. The van der Waals surface area contributed by atoms with E-state index < -0.39 is 12.2 Å². The molecule has 0 spiro atoms. The van der Waals surface area contributed by atoms with Gasteiger partial charge in [0.2, 0.25) is 0 Å².